The number of hydrogen-bond donors (Lipinski definition) is 1. The van der Waals surface area contributed by atoms with Crippen LogP contribution in [0.1, 0.15) is 31.4 Å². The third-order valence-corrected chi connectivity index (χ3v) is 6.79. The van der Waals surface area contributed by atoms with E-state index in [1.165, 1.54) is 12.0 Å². The second kappa shape index (κ2) is 13.9. The summed E-state index contributed by atoms with van der Waals surface area (Å²) in [6.45, 7) is 3.66. The number of rotatable bonds is 12. The quantitative estimate of drug-likeness (QED) is 0.307. The zero-order chi connectivity index (χ0) is 26.8. The summed E-state index contributed by atoms with van der Waals surface area (Å²) >= 11 is 12.9. The van der Waals surface area contributed by atoms with E-state index in [1.54, 1.807) is 36.4 Å². The topological polar surface area (TPSA) is 67.9 Å². The SMILES string of the molecule is CC[C@H](C)NC(=O)[C@@H](Cc1ccccc1)N(Cc1c(Cl)cccc1Cl)C(=O)COc1ccccc1OC. The maximum absolute atomic E-state index is 13.7. The largest absolute Gasteiger partial charge is 0.493 e. The van der Waals surface area contributed by atoms with E-state index in [2.05, 4.69) is 5.32 Å². The highest BCUT2D eigenvalue weighted by molar-refractivity contribution is 6.36. The van der Waals surface area contributed by atoms with Crippen molar-refractivity contribution in [2.45, 2.75) is 45.3 Å². The van der Waals surface area contributed by atoms with Crippen molar-refractivity contribution in [2.75, 3.05) is 13.7 Å². The van der Waals surface area contributed by atoms with Crippen LogP contribution in [0.25, 0.3) is 0 Å². The van der Waals surface area contributed by atoms with Crippen LogP contribution in [0.4, 0.5) is 0 Å². The van der Waals surface area contributed by atoms with Crippen LogP contribution in [0, 0.1) is 0 Å². The fourth-order valence-electron chi connectivity index (χ4n) is 3.81. The number of carbonyl (C=O) groups excluding carboxylic acids is 2. The molecule has 3 aromatic carbocycles. The summed E-state index contributed by atoms with van der Waals surface area (Å²) in [4.78, 5) is 28.8. The second-order valence-corrected chi connectivity index (χ2v) is 9.50. The van der Waals surface area contributed by atoms with Crippen molar-refractivity contribution in [1.82, 2.24) is 10.2 Å². The highest BCUT2D eigenvalue weighted by Gasteiger charge is 2.32. The van der Waals surface area contributed by atoms with Gasteiger partial charge in [-0.05, 0) is 43.2 Å². The van der Waals surface area contributed by atoms with Crippen LogP contribution in [0.2, 0.25) is 10.0 Å². The lowest BCUT2D eigenvalue weighted by Gasteiger charge is -2.32. The number of para-hydroxylation sites is 2. The third kappa shape index (κ3) is 7.88. The predicted octanol–water partition coefficient (Wildman–Crippen LogP) is 5.94. The summed E-state index contributed by atoms with van der Waals surface area (Å²) in [6.07, 6.45) is 1.07. The normalized spacial score (nSPS) is 12.4. The lowest BCUT2D eigenvalue weighted by molar-refractivity contribution is -0.143. The minimum Gasteiger partial charge on any atom is -0.493 e. The Balaban J connectivity index is 1.98. The molecule has 0 radical (unpaired) electrons. The van der Waals surface area contributed by atoms with Crippen LogP contribution in [-0.2, 0) is 22.6 Å². The van der Waals surface area contributed by atoms with Crippen molar-refractivity contribution in [2.24, 2.45) is 0 Å². The van der Waals surface area contributed by atoms with Crippen LogP contribution < -0.4 is 14.8 Å². The van der Waals surface area contributed by atoms with E-state index in [0.29, 0.717) is 33.5 Å². The molecule has 2 atom stereocenters. The van der Waals surface area contributed by atoms with Gasteiger partial charge in [-0.2, -0.15) is 0 Å². The molecule has 0 aliphatic rings. The second-order valence-electron chi connectivity index (χ2n) is 8.68. The molecule has 0 unspecified atom stereocenters. The highest BCUT2D eigenvalue weighted by Crippen LogP contribution is 2.28. The summed E-state index contributed by atoms with van der Waals surface area (Å²) in [7, 11) is 1.53. The molecule has 0 aromatic heterocycles. The van der Waals surface area contributed by atoms with E-state index >= 15 is 0 Å². The molecular weight excluding hydrogens is 511 g/mol. The van der Waals surface area contributed by atoms with Crippen LogP contribution in [0.15, 0.2) is 72.8 Å². The average molecular weight is 543 g/mol. The number of methoxy groups -OCH3 is 1. The van der Waals surface area contributed by atoms with Gasteiger partial charge in [0.05, 0.1) is 7.11 Å². The molecule has 0 spiro atoms. The molecule has 6 nitrogen and oxygen atoms in total. The van der Waals surface area contributed by atoms with E-state index in [9.17, 15) is 9.59 Å². The van der Waals surface area contributed by atoms with Gasteiger partial charge in [-0.3, -0.25) is 9.59 Å². The van der Waals surface area contributed by atoms with E-state index in [1.807, 2.05) is 50.2 Å². The van der Waals surface area contributed by atoms with Gasteiger partial charge in [-0.1, -0.05) is 78.7 Å². The molecule has 2 amide bonds. The summed E-state index contributed by atoms with van der Waals surface area (Å²) in [5.41, 5.74) is 1.48. The molecule has 0 saturated carbocycles. The Bertz CT molecular complexity index is 1170. The monoisotopic (exact) mass is 542 g/mol. The molecule has 0 fully saturated rings. The number of amides is 2. The zero-order valence-electron chi connectivity index (χ0n) is 21.2. The predicted molar refractivity (Wildman–Crippen MR) is 147 cm³/mol. The first-order valence-electron chi connectivity index (χ1n) is 12.2. The van der Waals surface area contributed by atoms with Crippen LogP contribution >= 0.6 is 23.2 Å². The lowest BCUT2D eigenvalue weighted by Crippen LogP contribution is -2.53. The van der Waals surface area contributed by atoms with Gasteiger partial charge >= 0.3 is 0 Å². The molecular formula is C29H32Cl2N2O4. The summed E-state index contributed by atoms with van der Waals surface area (Å²) in [6, 6.07) is 20.9. The fraction of sp³-hybridized carbons (Fsp3) is 0.310. The first-order chi connectivity index (χ1) is 17.8. The molecule has 196 valence electrons. The van der Waals surface area contributed by atoms with Crippen molar-refractivity contribution in [1.29, 1.82) is 0 Å². The summed E-state index contributed by atoms with van der Waals surface area (Å²) in [5.74, 6) is 0.290. The van der Waals surface area contributed by atoms with Gasteiger partial charge in [-0.25, -0.2) is 0 Å². The minimum atomic E-state index is -0.822. The first kappa shape index (κ1) is 28.4. The van der Waals surface area contributed by atoms with Crippen LogP contribution in [0.3, 0.4) is 0 Å². The van der Waals surface area contributed by atoms with Gasteiger partial charge in [0.15, 0.2) is 18.1 Å². The Morgan fingerprint density at radius 3 is 2.16 bits per heavy atom. The van der Waals surface area contributed by atoms with Crippen molar-refractivity contribution in [3.8, 4) is 11.5 Å². The molecule has 0 aliphatic heterocycles. The Morgan fingerprint density at radius 2 is 1.54 bits per heavy atom. The van der Waals surface area contributed by atoms with Crippen molar-refractivity contribution < 1.29 is 19.1 Å². The fourth-order valence-corrected chi connectivity index (χ4v) is 4.33. The van der Waals surface area contributed by atoms with Crippen molar-refractivity contribution in [3.05, 3.63) is 94.0 Å². The summed E-state index contributed by atoms with van der Waals surface area (Å²) < 4.78 is 11.2. The standard InChI is InChI=1S/C29H32Cl2N2O4/c1-4-20(2)32-29(35)25(17-21-11-6-5-7-12-21)33(18-22-23(30)13-10-14-24(22)31)28(34)19-37-27-16-9-8-15-26(27)36-3/h5-16,20,25H,4,17-19H2,1-3H3,(H,32,35)/t20-,25+/m0/s1. The molecule has 1 N–H and O–H groups in total. The smallest absolute Gasteiger partial charge is 0.261 e. The third-order valence-electron chi connectivity index (χ3n) is 6.08. The van der Waals surface area contributed by atoms with Crippen molar-refractivity contribution >= 4 is 35.0 Å². The number of benzene rings is 3. The van der Waals surface area contributed by atoms with Crippen LogP contribution in [0.5, 0.6) is 11.5 Å². The molecule has 0 aliphatic carbocycles. The van der Waals surface area contributed by atoms with E-state index < -0.39 is 6.04 Å². The molecule has 0 saturated heterocycles. The molecule has 3 rings (SSSR count). The van der Waals surface area contributed by atoms with E-state index in [-0.39, 0.29) is 31.0 Å². The number of hydrogen-bond acceptors (Lipinski definition) is 4. The van der Waals surface area contributed by atoms with Crippen molar-refractivity contribution in [3.63, 3.8) is 0 Å². The Morgan fingerprint density at radius 1 is 0.919 bits per heavy atom. The highest BCUT2D eigenvalue weighted by atomic mass is 35.5. The van der Waals surface area contributed by atoms with Gasteiger partial charge < -0.3 is 19.7 Å². The number of halogens is 2. The minimum absolute atomic E-state index is 0.0397. The number of nitrogens with one attached hydrogen (secondary N) is 1. The van der Waals surface area contributed by atoms with Gasteiger partial charge in [0.2, 0.25) is 5.91 Å². The summed E-state index contributed by atoms with van der Waals surface area (Å²) in [5, 5.41) is 3.86. The molecule has 8 heteroatoms. The Kier molecular flexibility index (Phi) is 10.7. The first-order valence-corrected chi connectivity index (χ1v) is 12.9. The Labute approximate surface area is 228 Å². The molecule has 37 heavy (non-hydrogen) atoms. The van der Waals surface area contributed by atoms with Gasteiger partial charge in [0, 0.05) is 34.6 Å². The van der Waals surface area contributed by atoms with Gasteiger partial charge in [0.25, 0.3) is 5.91 Å². The number of carbonyl (C=O) groups is 2. The zero-order valence-corrected chi connectivity index (χ0v) is 22.8. The maximum atomic E-state index is 13.7. The van der Waals surface area contributed by atoms with Crippen LogP contribution in [-0.4, -0.2) is 42.5 Å². The molecule has 3 aromatic rings. The lowest BCUT2D eigenvalue weighted by atomic mass is 10.0. The number of nitrogens with zero attached hydrogens (tertiary/aromatic N) is 1. The van der Waals surface area contributed by atoms with E-state index in [4.69, 9.17) is 32.7 Å². The maximum Gasteiger partial charge on any atom is 0.261 e. The average Bonchev–Trinajstić information content (AvgIpc) is 2.91. The van der Waals surface area contributed by atoms with E-state index in [0.717, 1.165) is 12.0 Å². The molecule has 0 heterocycles. The Hall–Kier alpha value is -3.22. The number of ether oxygens (including phenoxy) is 2. The van der Waals surface area contributed by atoms with Gasteiger partial charge in [0.1, 0.15) is 6.04 Å². The van der Waals surface area contributed by atoms with Gasteiger partial charge in [-0.15, -0.1) is 0 Å². The molecule has 0 bridgehead atoms.